The van der Waals surface area contributed by atoms with Crippen molar-refractivity contribution < 1.29 is 9.13 Å². The van der Waals surface area contributed by atoms with Gasteiger partial charge in [-0.05, 0) is 36.4 Å². The topological polar surface area (TPSA) is 48.1 Å². The molecule has 1 aromatic heterocycles. The molecular weight excluding hydrogens is 243 g/mol. The van der Waals surface area contributed by atoms with Crippen molar-refractivity contribution in [3.8, 4) is 11.5 Å². The molecule has 3 rings (SSSR count). The largest absolute Gasteiger partial charge is 0.452 e. The summed E-state index contributed by atoms with van der Waals surface area (Å²) in [6, 6.07) is 13.3. The van der Waals surface area contributed by atoms with Gasteiger partial charge in [0.1, 0.15) is 0 Å². The van der Waals surface area contributed by atoms with Crippen molar-refractivity contribution >= 4 is 16.6 Å². The predicted molar refractivity (Wildman–Crippen MR) is 72.6 cm³/mol. The van der Waals surface area contributed by atoms with Gasteiger partial charge in [0, 0.05) is 11.6 Å². The molecule has 0 atom stereocenters. The quantitative estimate of drug-likeness (QED) is 0.708. The van der Waals surface area contributed by atoms with Crippen molar-refractivity contribution in [1.29, 1.82) is 0 Å². The first-order valence-corrected chi connectivity index (χ1v) is 5.81. The number of nitrogen functional groups attached to an aromatic ring is 1. The molecule has 3 nitrogen and oxygen atoms in total. The monoisotopic (exact) mass is 254 g/mol. The Morgan fingerprint density at radius 3 is 2.63 bits per heavy atom. The third-order valence-electron chi connectivity index (χ3n) is 2.84. The third-order valence-corrected chi connectivity index (χ3v) is 2.84. The fraction of sp³-hybridized carbons (Fsp3) is 0. The van der Waals surface area contributed by atoms with Crippen LogP contribution in [0.1, 0.15) is 0 Å². The fourth-order valence-corrected chi connectivity index (χ4v) is 1.89. The fourth-order valence-electron chi connectivity index (χ4n) is 1.89. The van der Waals surface area contributed by atoms with Crippen molar-refractivity contribution in [2.45, 2.75) is 0 Å². The summed E-state index contributed by atoms with van der Waals surface area (Å²) in [5.74, 6) is 0.149. The molecule has 0 unspecified atom stereocenters. The number of hydrogen-bond donors (Lipinski definition) is 1. The van der Waals surface area contributed by atoms with Crippen LogP contribution in [0.3, 0.4) is 0 Å². The normalized spacial score (nSPS) is 10.6. The Balaban J connectivity index is 2.07. The lowest BCUT2D eigenvalue weighted by molar-refractivity contribution is 0.444. The number of nitrogens with zero attached hydrogens (tertiary/aromatic N) is 1. The lowest BCUT2D eigenvalue weighted by Gasteiger charge is -2.10. The van der Waals surface area contributed by atoms with E-state index in [2.05, 4.69) is 4.98 Å². The number of aromatic nitrogens is 1. The van der Waals surface area contributed by atoms with Gasteiger partial charge in [-0.3, -0.25) is 4.98 Å². The van der Waals surface area contributed by atoms with Gasteiger partial charge in [-0.2, -0.15) is 0 Å². The molecule has 0 bridgehead atoms. The molecule has 4 heteroatoms. The van der Waals surface area contributed by atoms with Crippen LogP contribution in [0.2, 0.25) is 0 Å². The summed E-state index contributed by atoms with van der Waals surface area (Å²) < 4.78 is 19.1. The van der Waals surface area contributed by atoms with E-state index in [1.54, 1.807) is 42.6 Å². The number of hydrogen-bond acceptors (Lipinski definition) is 3. The summed E-state index contributed by atoms with van der Waals surface area (Å²) in [5, 5.41) is 0.788. The number of rotatable bonds is 2. The first kappa shape index (κ1) is 11.5. The molecule has 3 aromatic rings. The van der Waals surface area contributed by atoms with Crippen molar-refractivity contribution in [3.63, 3.8) is 0 Å². The van der Waals surface area contributed by atoms with Crippen LogP contribution in [-0.4, -0.2) is 4.98 Å². The van der Waals surface area contributed by atoms with Gasteiger partial charge in [0.05, 0.1) is 11.2 Å². The molecular formula is C15H11FN2O. The molecule has 0 amide bonds. The molecule has 0 fully saturated rings. The van der Waals surface area contributed by atoms with E-state index in [9.17, 15) is 4.39 Å². The van der Waals surface area contributed by atoms with E-state index < -0.39 is 5.82 Å². The van der Waals surface area contributed by atoms with Gasteiger partial charge in [-0.15, -0.1) is 0 Å². The Bertz CT molecular complexity index is 743. The molecule has 2 aromatic carbocycles. The zero-order chi connectivity index (χ0) is 13.2. The van der Waals surface area contributed by atoms with Crippen molar-refractivity contribution in [3.05, 3.63) is 60.5 Å². The lowest BCUT2D eigenvalue weighted by atomic mass is 10.1. The number of halogens is 1. The van der Waals surface area contributed by atoms with Gasteiger partial charge in [0.15, 0.2) is 17.3 Å². The molecule has 0 aliphatic heterocycles. The number of nitrogens with two attached hydrogens (primary N) is 1. The van der Waals surface area contributed by atoms with E-state index in [1.165, 1.54) is 6.07 Å². The Labute approximate surface area is 109 Å². The number of para-hydroxylation sites is 1. The first-order chi connectivity index (χ1) is 9.25. The summed E-state index contributed by atoms with van der Waals surface area (Å²) >= 11 is 0. The van der Waals surface area contributed by atoms with Gasteiger partial charge >= 0.3 is 0 Å². The van der Waals surface area contributed by atoms with Crippen LogP contribution in [0, 0.1) is 5.82 Å². The second-order valence-corrected chi connectivity index (χ2v) is 4.08. The van der Waals surface area contributed by atoms with E-state index in [4.69, 9.17) is 10.5 Å². The minimum absolute atomic E-state index is 0.150. The zero-order valence-corrected chi connectivity index (χ0v) is 10.0. The SMILES string of the molecule is Nc1c(Oc2ccccc2F)ccc2ncccc12. The molecule has 0 aliphatic rings. The van der Waals surface area contributed by atoms with Gasteiger partial charge in [0.25, 0.3) is 0 Å². The molecule has 94 valence electrons. The highest BCUT2D eigenvalue weighted by atomic mass is 19.1. The number of pyridine rings is 1. The molecule has 19 heavy (non-hydrogen) atoms. The second kappa shape index (κ2) is 4.57. The molecule has 1 heterocycles. The summed E-state index contributed by atoms with van der Waals surface area (Å²) in [5.41, 5.74) is 7.26. The Morgan fingerprint density at radius 2 is 1.79 bits per heavy atom. The smallest absolute Gasteiger partial charge is 0.165 e. The number of benzene rings is 2. The van der Waals surface area contributed by atoms with E-state index in [1.807, 2.05) is 6.07 Å². The highest BCUT2D eigenvalue weighted by Crippen LogP contribution is 2.33. The standard InChI is InChI=1S/C15H11FN2O/c16-11-5-1-2-6-13(11)19-14-8-7-12-10(15(14)17)4-3-9-18-12/h1-9H,17H2. The Morgan fingerprint density at radius 1 is 0.947 bits per heavy atom. The second-order valence-electron chi connectivity index (χ2n) is 4.08. The van der Waals surface area contributed by atoms with E-state index in [-0.39, 0.29) is 5.75 Å². The molecule has 0 radical (unpaired) electrons. The highest BCUT2D eigenvalue weighted by molar-refractivity contribution is 5.93. The minimum atomic E-state index is -0.423. The molecule has 0 aliphatic carbocycles. The van der Waals surface area contributed by atoms with E-state index in [0.29, 0.717) is 11.4 Å². The molecule has 0 saturated carbocycles. The summed E-state index contributed by atoms with van der Waals surface area (Å²) in [6.45, 7) is 0. The lowest BCUT2D eigenvalue weighted by Crippen LogP contribution is -1.95. The van der Waals surface area contributed by atoms with Crippen LogP contribution < -0.4 is 10.5 Å². The predicted octanol–water partition coefficient (Wildman–Crippen LogP) is 3.75. The van der Waals surface area contributed by atoms with Crippen molar-refractivity contribution in [2.24, 2.45) is 0 Å². The van der Waals surface area contributed by atoms with Gasteiger partial charge in [0.2, 0.25) is 0 Å². The van der Waals surface area contributed by atoms with Crippen LogP contribution in [-0.2, 0) is 0 Å². The molecule has 2 N–H and O–H groups in total. The number of anilines is 1. The van der Waals surface area contributed by atoms with Gasteiger partial charge < -0.3 is 10.5 Å². The maximum absolute atomic E-state index is 13.5. The first-order valence-electron chi connectivity index (χ1n) is 5.81. The zero-order valence-electron chi connectivity index (χ0n) is 10.0. The van der Waals surface area contributed by atoms with Crippen molar-refractivity contribution in [1.82, 2.24) is 4.98 Å². The molecule has 0 saturated heterocycles. The van der Waals surface area contributed by atoms with Gasteiger partial charge in [-0.25, -0.2) is 4.39 Å². The van der Waals surface area contributed by atoms with Crippen LogP contribution >= 0.6 is 0 Å². The maximum atomic E-state index is 13.5. The third kappa shape index (κ3) is 2.08. The average molecular weight is 254 g/mol. The summed E-state index contributed by atoms with van der Waals surface area (Å²) in [7, 11) is 0. The van der Waals surface area contributed by atoms with Crippen LogP contribution in [0.4, 0.5) is 10.1 Å². The van der Waals surface area contributed by atoms with E-state index in [0.717, 1.165) is 10.9 Å². The maximum Gasteiger partial charge on any atom is 0.165 e. The molecule has 0 spiro atoms. The van der Waals surface area contributed by atoms with Crippen LogP contribution in [0.25, 0.3) is 10.9 Å². The van der Waals surface area contributed by atoms with Crippen LogP contribution in [0.15, 0.2) is 54.7 Å². The van der Waals surface area contributed by atoms with Crippen molar-refractivity contribution in [2.75, 3.05) is 5.73 Å². The summed E-state index contributed by atoms with van der Waals surface area (Å²) in [4.78, 5) is 4.20. The van der Waals surface area contributed by atoms with Crippen LogP contribution in [0.5, 0.6) is 11.5 Å². The summed E-state index contributed by atoms with van der Waals surface area (Å²) in [6.07, 6.45) is 1.69. The average Bonchev–Trinajstić information content (AvgIpc) is 2.44. The Hall–Kier alpha value is -2.62. The minimum Gasteiger partial charge on any atom is -0.452 e. The Kier molecular flexibility index (Phi) is 2.76. The number of ether oxygens (including phenoxy) is 1. The van der Waals surface area contributed by atoms with Gasteiger partial charge in [-0.1, -0.05) is 12.1 Å². The van der Waals surface area contributed by atoms with E-state index >= 15 is 0 Å². The number of fused-ring (bicyclic) bond motifs is 1. The highest BCUT2D eigenvalue weighted by Gasteiger charge is 2.09.